The summed E-state index contributed by atoms with van der Waals surface area (Å²) in [7, 11) is 0. The van der Waals surface area contributed by atoms with E-state index >= 15 is 0 Å². The number of pyridine rings is 1. The number of oxime groups is 1. The summed E-state index contributed by atoms with van der Waals surface area (Å²) in [6.07, 6.45) is 3.77. The van der Waals surface area contributed by atoms with Gasteiger partial charge in [0.05, 0.1) is 11.7 Å². The van der Waals surface area contributed by atoms with E-state index in [2.05, 4.69) is 40.6 Å². The van der Waals surface area contributed by atoms with Crippen molar-refractivity contribution >= 4 is 51.9 Å². The van der Waals surface area contributed by atoms with E-state index in [0.717, 1.165) is 17.1 Å². The molecular weight excluding hydrogens is 518 g/mol. The standard InChI is InChI=1S/C23H27N7O5S2/c1-5-35-27-14(17-26-22(24)37-28-17)18(31)25-15-19(32)30-16(21(33)34)12(11-36-20(15)30)10-29-8-6-13(7-9-29)23(2,3)4/h6-9,15,20H,5,10-11H2,1-4H3,(H3-,24,25,26,28,31,33,34)/t15?,20-/m0/s1. The number of rotatable bonds is 8. The highest BCUT2D eigenvalue weighted by molar-refractivity contribution is 8.00. The molecule has 1 fully saturated rings. The number of nitrogens with one attached hydrogen (secondary N) is 1. The Morgan fingerprint density at radius 2 is 2.05 bits per heavy atom. The summed E-state index contributed by atoms with van der Waals surface area (Å²) in [6, 6.07) is 3.02. The highest BCUT2D eigenvalue weighted by Crippen LogP contribution is 2.40. The summed E-state index contributed by atoms with van der Waals surface area (Å²) in [5.41, 5.74) is 6.91. The Morgan fingerprint density at radius 1 is 1.35 bits per heavy atom. The number of fused-ring (bicyclic) bond motifs is 1. The quantitative estimate of drug-likeness (QED) is 0.193. The molecule has 1 saturated heterocycles. The molecule has 0 spiro atoms. The summed E-state index contributed by atoms with van der Waals surface area (Å²) >= 11 is 2.25. The molecule has 3 N–H and O–H groups in total. The van der Waals surface area contributed by atoms with Gasteiger partial charge in [-0.1, -0.05) is 25.9 Å². The lowest BCUT2D eigenvalue weighted by molar-refractivity contribution is -0.689. The number of carbonyl (C=O) groups excluding carboxylic acids is 3. The van der Waals surface area contributed by atoms with Crippen molar-refractivity contribution in [3.63, 3.8) is 0 Å². The molecule has 0 aromatic carbocycles. The van der Waals surface area contributed by atoms with Crippen molar-refractivity contribution < 1.29 is 28.9 Å². The third-order valence-corrected chi connectivity index (χ3v) is 7.69. The van der Waals surface area contributed by atoms with E-state index in [-0.39, 0.29) is 40.9 Å². The Hall–Kier alpha value is -3.52. The molecule has 2 aromatic rings. The van der Waals surface area contributed by atoms with E-state index in [1.165, 1.54) is 16.7 Å². The smallest absolute Gasteiger partial charge is 0.278 e. The SMILES string of the molecule is CCON=C(C(=O)NC1C(=O)N2C(C(=O)[O-])=C(C[n+]3ccc(C(C)(C)C)cc3)CS[C@@H]12)c1nsc(N)n1. The number of nitrogen functional groups attached to an aromatic ring is 1. The van der Waals surface area contributed by atoms with Gasteiger partial charge in [0.2, 0.25) is 11.5 Å². The van der Waals surface area contributed by atoms with Crippen molar-refractivity contribution in [3.8, 4) is 0 Å². The maximum Gasteiger partial charge on any atom is 0.278 e. The highest BCUT2D eigenvalue weighted by atomic mass is 32.2. The number of thioether (sulfide) groups is 1. The molecule has 14 heteroatoms. The fraction of sp³-hybridized carbons (Fsp3) is 0.435. The lowest BCUT2D eigenvalue weighted by Gasteiger charge is -2.50. The number of hydrogen-bond donors (Lipinski definition) is 2. The molecule has 0 aliphatic carbocycles. The minimum Gasteiger partial charge on any atom is -0.543 e. The number of amides is 2. The van der Waals surface area contributed by atoms with Crippen LogP contribution in [-0.2, 0) is 31.2 Å². The van der Waals surface area contributed by atoms with E-state index in [0.29, 0.717) is 11.3 Å². The number of nitrogens with zero attached hydrogens (tertiary/aromatic N) is 5. The number of carbonyl (C=O) groups is 3. The second-order valence-electron chi connectivity index (χ2n) is 9.42. The average molecular weight is 546 g/mol. The first-order valence-electron chi connectivity index (χ1n) is 11.5. The van der Waals surface area contributed by atoms with Crippen molar-refractivity contribution in [1.29, 1.82) is 0 Å². The summed E-state index contributed by atoms with van der Waals surface area (Å²) in [6.45, 7) is 8.51. The molecule has 196 valence electrons. The zero-order valence-electron chi connectivity index (χ0n) is 20.8. The van der Waals surface area contributed by atoms with E-state index in [4.69, 9.17) is 10.6 Å². The van der Waals surface area contributed by atoms with Crippen LogP contribution in [-0.4, -0.2) is 61.5 Å². The normalized spacial score (nSPS) is 19.8. The van der Waals surface area contributed by atoms with Gasteiger partial charge in [0, 0.05) is 35.0 Å². The van der Waals surface area contributed by atoms with Gasteiger partial charge in [-0.3, -0.25) is 14.5 Å². The van der Waals surface area contributed by atoms with Gasteiger partial charge in [-0.2, -0.15) is 9.36 Å². The second-order valence-corrected chi connectivity index (χ2v) is 11.3. The van der Waals surface area contributed by atoms with E-state index in [1.54, 1.807) is 6.92 Å². The van der Waals surface area contributed by atoms with Crippen LogP contribution in [0.15, 0.2) is 41.0 Å². The van der Waals surface area contributed by atoms with Crippen LogP contribution in [0.25, 0.3) is 0 Å². The first kappa shape index (κ1) is 26.5. The van der Waals surface area contributed by atoms with Crippen LogP contribution in [0.5, 0.6) is 0 Å². The second kappa shape index (κ2) is 10.5. The van der Waals surface area contributed by atoms with Crippen LogP contribution < -0.4 is 20.7 Å². The van der Waals surface area contributed by atoms with Gasteiger partial charge in [-0.15, -0.1) is 11.8 Å². The average Bonchev–Trinajstić information content (AvgIpc) is 3.27. The van der Waals surface area contributed by atoms with Crippen molar-refractivity contribution in [2.24, 2.45) is 5.16 Å². The molecule has 4 rings (SSSR count). The van der Waals surface area contributed by atoms with E-state index < -0.39 is 29.2 Å². The van der Waals surface area contributed by atoms with E-state index in [9.17, 15) is 19.5 Å². The largest absolute Gasteiger partial charge is 0.543 e. The van der Waals surface area contributed by atoms with Gasteiger partial charge in [0.25, 0.3) is 11.8 Å². The van der Waals surface area contributed by atoms with Gasteiger partial charge >= 0.3 is 0 Å². The number of anilines is 1. The fourth-order valence-electron chi connectivity index (χ4n) is 3.93. The lowest BCUT2D eigenvalue weighted by atomic mass is 9.88. The summed E-state index contributed by atoms with van der Waals surface area (Å²) in [5, 5.41) is 18.0. The Labute approximate surface area is 221 Å². The number of nitrogens with two attached hydrogens (primary N) is 1. The molecular formula is C23H27N7O5S2. The molecule has 2 aromatic heterocycles. The van der Waals surface area contributed by atoms with Crippen molar-refractivity contribution in [1.82, 2.24) is 19.6 Å². The first-order valence-corrected chi connectivity index (χ1v) is 13.3. The number of carboxylic acids is 1. The third-order valence-electron chi connectivity index (χ3n) is 5.81. The third kappa shape index (κ3) is 5.44. The highest BCUT2D eigenvalue weighted by Gasteiger charge is 2.53. The molecule has 37 heavy (non-hydrogen) atoms. The zero-order chi connectivity index (χ0) is 26.9. The van der Waals surface area contributed by atoms with Crippen molar-refractivity contribution in [2.45, 2.75) is 51.1 Å². The Balaban J connectivity index is 1.52. The van der Waals surface area contributed by atoms with Gasteiger partial charge in [0.15, 0.2) is 24.1 Å². The maximum atomic E-state index is 13.0. The van der Waals surface area contributed by atoms with Crippen LogP contribution >= 0.6 is 23.3 Å². The zero-order valence-corrected chi connectivity index (χ0v) is 22.4. The summed E-state index contributed by atoms with van der Waals surface area (Å²) < 4.78 is 5.85. The number of hydrogen-bond acceptors (Lipinski definition) is 11. The minimum absolute atomic E-state index is 0.0126. The molecule has 1 unspecified atom stereocenters. The van der Waals surface area contributed by atoms with Crippen LogP contribution in [0, 0.1) is 0 Å². The van der Waals surface area contributed by atoms with Gasteiger partial charge in [0.1, 0.15) is 18.0 Å². The van der Waals surface area contributed by atoms with Crippen molar-refractivity contribution in [3.05, 3.63) is 47.2 Å². The predicted octanol–water partition coefficient (Wildman–Crippen LogP) is -0.450. The van der Waals surface area contributed by atoms with Crippen LogP contribution in [0.2, 0.25) is 0 Å². The monoisotopic (exact) mass is 545 g/mol. The lowest BCUT2D eigenvalue weighted by Crippen LogP contribution is -2.71. The Morgan fingerprint density at radius 3 is 2.62 bits per heavy atom. The fourth-order valence-corrected chi connectivity index (χ4v) is 5.70. The number of aliphatic carboxylic acids is 1. The van der Waals surface area contributed by atoms with Crippen LogP contribution in [0.1, 0.15) is 39.1 Å². The Bertz CT molecular complexity index is 1280. The molecule has 2 aliphatic heterocycles. The molecule has 4 heterocycles. The van der Waals surface area contributed by atoms with E-state index in [1.807, 2.05) is 29.1 Å². The topological polar surface area (TPSA) is 167 Å². The minimum atomic E-state index is -1.44. The maximum absolute atomic E-state index is 13.0. The predicted molar refractivity (Wildman–Crippen MR) is 135 cm³/mol. The van der Waals surface area contributed by atoms with Crippen molar-refractivity contribution in [2.75, 3.05) is 18.1 Å². The molecule has 0 radical (unpaired) electrons. The summed E-state index contributed by atoms with van der Waals surface area (Å²) in [5.74, 6) is -2.41. The molecule has 12 nitrogen and oxygen atoms in total. The first-order chi connectivity index (χ1) is 17.5. The van der Waals surface area contributed by atoms with Crippen LogP contribution in [0.3, 0.4) is 0 Å². The molecule has 0 saturated carbocycles. The molecule has 0 bridgehead atoms. The van der Waals surface area contributed by atoms with Gasteiger partial charge < -0.3 is 25.8 Å². The number of β-lactam (4-membered cyclic amide) rings is 1. The molecule has 2 aliphatic rings. The van der Waals surface area contributed by atoms with Gasteiger partial charge in [-0.05, 0) is 17.9 Å². The van der Waals surface area contributed by atoms with Crippen LogP contribution in [0.4, 0.5) is 5.13 Å². The number of aromatic nitrogens is 3. The Kier molecular flexibility index (Phi) is 7.50. The van der Waals surface area contributed by atoms with Gasteiger partial charge in [-0.25, -0.2) is 4.57 Å². The molecule has 2 amide bonds. The molecule has 2 atom stereocenters. The number of carboxylic acid groups (broad SMARTS) is 1. The summed E-state index contributed by atoms with van der Waals surface area (Å²) in [4.78, 5) is 48.2.